The maximum Gasteiger partial charge on any atom is 0.329 e. The van der Waals surface area contributed by atoms with E-state index in [0.29, 0.717) is 23.8 Å². The first kappa shape index (κ1) is 18.7. The van der Waals surface area contributed by atoms with E-state index in [0.717, 1.165) is 5.56 Å². The molecule has 0 spiro atoms. The number of carbonyl (C=O) groups excluding carboxylic acids is 2. The third kappa shape index (κ3) is 5.79. The highest BCUT2D eigenvalue weighted by Crippen LogP contribution is 2.15. The Morgan fingerprint density at radius 2 is 1.69 bits per heavy atom. The number of methoxy groups -OCH3 is 1. The third-order valence-corrected chi connectivity index (χ3v) is 3.18. The molecule has 7 heteroatoms. The first-order valence-electron chi connectivity index (χ1n) is 7.74. The lowest BCUT2D eigenvalue weighted by Gasteiger charge is -2.06. The van der Waals surface area contributed by atoms with E-state index in [1.807, 2.05) is 0 Å². The molecule has 2 N–H and O–H groups in total. The molecule has 0 bridgehead atoms. The van der Waals surface area contributed by atoms with Crippen LogP contribution in [0.15, 0.2) is 66.3 Å². The first-order chi connectivity index (χ1) is 12.6. The van der Waals surface area contributed by atoms with Crippen LogP contribution in [-0.4, -0.2) is 31.7 Å². The fourth-order valence-electron chi connectivity index (χ4n) is 1.88. The summed E-state index contributed by atoms with van der Waals surface area (Å²) in [5, 5.41) is 6.22. The van der Waals surface area contributed by atoms with Crippen molar-refractivity contribution < 1.29 is 19.1 Å². The van der Waals surface area contributed by atoms with Crippen LogP contribution in [0.5, 0.6) is 11.5 Å². The van der Waals surface area contributed by atoms with Crippen LogP contribution in [-0.2, 0) is 9.59 Å². The average molecular weight is 353 g/mol. The Bertz CT molecular complexity index is 783. The van der Waals surface area contributed by atoms with Crippen molar-refractivity contribution in [1.82, 2.24) is 5.43 Å². The van der Waals surface area contributed by atoms with Gasteiger partial charge < -0.3 is 14.8 Å². The summed E-state index contributed by atoms with van der Waals surface area (Å²) >= 11 is 0. The second kappa shape index (κ2) is 9.63. The van der Waals surface area contributed by atoms with Gasteiger partial charge in [-0.05, 0) is 54.1 Å². The van der Waals surface area contributed by atoms with E-state index in [4.69, 9.17) is 9.47 Å². The van der Waals surface area contributed by atoms with E-state index in [9.17, 15) is 9.59 Å². The van der Waals surface area contributed by atoms with Crippen molar-refractivity contribution in [2.75, 3.05) is 19.0 Å². The number of carbonyl (C=O) groups is 2. The zero-order valence-corrected chi connectivity index (χ0v) is 14.3. The predicted molar refractivity (Wildman–Crippen MR) is 99.5 cm³/mol. The molecular formula is C19H19N3O4. The Balaban J connectivity index is 1.83. The van der Waals surface area contributed by atoms with E-state index in [1.165, 1.54) is 6.21 Å². The lowest BCUT2D eigenvalue weighted by Crippen LogP contribution is -2.32. The zero-order valence-electron chi connectivity index (χ0n) is 14.3. The van der Waals surface area contributed by atoms with Gasteiger partial charge in [0.1, 0.15) is 18.1 Å². The fourth-order valence-corrected chi connectivity index (χ4v) is 1.88. The van der Waals surface area contributed by atoms with Crippen LogP contribution in [0.2, 0.25) is 0 Å². The molecule has 134 valence electrons. The quantitative estimate of drug-likeness (QED) is 0.346. The van der Waals surface area contributed by atoms with Crippen LogP contribution >= 0.6 is 0 Å². The molecule has 2 amide bonds. The van der Waals surface area contributed by atoms with Gasteiger partial charge in [0.25, 0.3) is 0 Å². The third-order valence-electron chi connectivity index (χ3n) is 3.18. The van der Waals surface area contributed by atoms with E-state index < -0.39 is 11.8 Å². The first-order valence-corrected chi connectivity index (χ1v) is 7.74. The topological polar surface area (TPSA) is 89.0 Å². The molecule has 0 aliphatic rings. The van der Waals surface area contributed by atoms with Crippen molar-refractivity contribution in [1.29, 1.82) is 0 Å². The molecule has 0 heterocycles. The number of rotatable bonds is 7. The fraction of sp³-hybridized carbons (Fsp3) is 0.105. The summed E-state index contributed by atoms with van der Waals surface area (Å²) in [6, 6.07) is 13.7. The van der Waals surface area contributed by atoms with E-state index >= 15 is 0 Å². The lowest BCUT2D eigenvalue weighted by atomic mass is 10.2. The minimum absolute atomic E-state index is 0.389. The molecule has 0 atom stereocenters. The van der Waals surface area contributed by atoms with Gasteiger partial charge in [0.2, 0.25) is 0 Å². The van der Waals surface area contributed by atoms with Crippen LogP contribution in [0.3, 0.4) is 0 Å². The van der Waals surface area contributed by atoms with Crippen molar-refractivity contribution in [3.63, 3.8) is 0 Å². The molecule has 2 aromatic carbocycles. The maximum atomic E-state index is 11.8. The second-order valence-corrected chi connectivity index (χ2v) is 5.05. The highest BCUT2D eigenvalue weighted by Gasteiger charge is 2.12. The summed E-state index contributed by atoms with van der Waals surface area (Å²) < 4.78 is 10.4. The Morgan fingerprint density at radius 1 is 1.04 bits per heavy atom. The predicted octanol–water partition coefficient (Wildman–Crippen LogP) is 2.35. The monoisotopic (exact) mass is 353 g/mol. The summed E-state index contributed by atoms with van der Waals surface area (Å²) in [5.41, 5.74) is 3.39. The number of anilines is 1. The molecule has 0 unspecified atom stereocenters. The second-order valence-electron chi connectivity index (χ2n) is 5.05. The molecule has 2 rings (SSSR count). The molecule has 0 aromatic heterocycles. The molecule has 0 radical (unpaired) electrons. The summed E-state index contributed by atoms with van der Waals surface area (Å²) in [7, 11) is 1.57. The zero-order chi connectivity index (χ0) is 18.8. The number of hydrazone groups is 1. The van der Waals surface area contributed by atoms with Crippen molar-refractivity contribution in [3.8, 4) is 11.5 Å². The highest BCUT2D eigenvalue weighted by molar-refractivity contribution is 6.39. The summed E-state index contributed by atoms with van der Waals surface area (Å²) in [4.78, 5) is 23.6. The minimum Gasteiger partial charge on any atom is -0.497 e. The van der Waals surface area contributed by atoms with Crippen molar-refractivity contribution in [2.24, 2.45) is 5.10 Å². The number of ether oxygens (including phenoxy) is 2. The average Bonchev–Trinajstić information content (AvgIpc) is 2.67. The van der Waals surface area contributed by atoms with Gasteiger partial charge in [0, 0.05) is 5.69 Å². The minimum atomic E-state index is -0.873. The Kier molecular flexibility index (Phi) is 6.93. The summed E-state index contributed by atoms with van der Waals surface area (Å²) in [6.45, 7) is 3.95. The van der Waals surface area contributed by atoms with Gasteiger partial charge in [0.05, 0.1) is 13.3 Å². The normalized spacial score (nSPS) is 10.2. The summed E-state index contributed by atoms with van der Waals surface area (Å²) in [5.74, 6) is -0.346. The van der Waals surface area contributed by atoms with E-state index in [1.54, 1.807) is 61.7 Å². The van der Waals surface area contributed by atoms with Crippen LogP contribution in [0.25, 0.3) is 0 Å². The number of amides is 2. The van der Waals surface area contributed by atoms with Gasteiger partial charge in [-0.1, -0.05) is 12.7 Å². The molecular weight excluding hydrogens is 334 g/mol. The number of hydrogen-bond donors (Lipinski definition) is 2. The maximum absolute atomic E-state index is 11.8. The molecule has 26 heavy (non-hydrogen) atoms. The molecule has 0 fully saturated rings. The molecule has 7 nitrogen and oxygen atoms in total. The molecule has 2 aromatic rings. The lowest BCUT2D eigenvalue weighted by molar-refractivity contribution is -0.136. The molecule has 0 saturated heterocycles. The van der Waals surface area contributed by atoms with Crippen LogP contribution in [0.1, 0.15) is 5.56 Å². The number of benzene rings is 2. The Labute approximate surface area is 151 Å². The van der Waals surface area contributed by atoms with E-state index in [2.05, 4.69) is 22.4 Å². The van der Waals surface area contributed by atoms with Crippen LogP contribution in [0, 0.1) is 0 Å². The molecule has 0 saturated carbocycles. The Hall–Kier alpha value is -3.61. The van der Waals surface area contributed by atoms with Gasteiger partial charge in [-0.25, -0.2) is 5.43 Å². The SMILES string of the molecule is C=CCOc1ccc(NC(=O)C(=O)N/N=C\c2ccc(OC)cc2)cc1. The van der Waals surface area contributed by atoms with Gasteiger partial charge in [0.15, 0.2) is 0 Å². The van der Waals surface area contributed by atoms with Gasteiger partial charge in [-0.15, -0.1) is 0 Å². The van der Waals surface area contributed by atoms with Crippen molar-refractivity contribution >= 4 is 23.7 Å². The number of hydrogen-bond acceptors (Lipinski definition) is 5. The van der Waals surface area contributed by atoms with Crippen molar-refractivity contribution in [2.45, 2.75) is 0 Å². The van der Waals surface area contributed by atoms with E-state index in [-0.39, 0.29) is 0 Å². The number of nitrogens with one attached hydrogen (secondary N) is 2. The highest BCUT2D eigenvalue weighted by atomic mass is 16.5. The van der Waals surface area contributed by atoms with Crippen LogP contribution < -0.4 is 20.2 Å². The van der Waals surface area contributed by atoms with Gasteiger partial charge in [-0.3, -0.25) is 9.59 Å². The Morgan fingerprint density at radius 3 is 2.31 bits per heavy atom. The molecule has 0 aliphatic carbocycles. The van der Waals surface area contributed by atoms with Gasteiger partial charge >= 0.3 is 11.8 Å². The molecule has 0 aliphatic heterocycles. The smallest absolute Gasteiger partial charge is 0.329 e. The van der Waals surface area contributed by atoms with Crippen molar-refractivity contribution in [3.05, 3.63) is 66.7 Å². The largest absolute Gasteiger partial charge is 0.497 e. The summed E-state index contributed by atoms with van der Waals surface area (Å²) in [6.07, 6.45) is 3.06. The standard InChI is InChI=1S/C19H19N3O4/c1-3-12-26-17-10-6-15(7-11-17)21-18(23)19(24)22-20-13-14-4-8-16(25-2)9-5-14/h3-11,13H,1,12H2,2H3,(H,21,23)(H,22,24)/b20-13-. The van der Waals surface area contributed by atoms with Crippen LogP contribution in [0.4, 0.5) is 5.69 Å². The number of nitrogens with zero attached hydrogens (tertiary/aromatic N) is 1. The van der Waals surface area contributed by atoms with Gasteiger partial charge in [-0.2, -0.15) is 5.10 Å².